The summed E-state index contributed by atoms with van der Waals surface area (Å²) in [4.78, 5) is 0. The van der Waals surface area contributed by atoms with Crippen molar-refractivity contribution in [2.75, 3.05) is 17.6 Å². The van der Waals surface area contributed by atoms with Crippen LogP contribution in [0.4, 0.5) is 24.5 Å². The summed E-state index contributed by atoms with van der Waals surface area (Å²) < 4.78 is 37.7. The summed E-state index contributed by atoms with van der Waals surface area (Å²) >= 11 is 0. The number of halogens is 3. The fourth-order valence-electron chi connectivity index (χ4n) is 1.52. The molecule has 0 aliphatic heterocycles. The molecule has 17 heavy (non-hydrogen) atoms. The first-order valence-corrected chi connectivity index (χ1v) is 5.65. The van der Waals surface area contributed by atoms with Gasteiger partial charge in [0, 0.05) is 17.9 Å². The minimum absolute atomic E-state index is 0.239. The van der Waals surface area contributed by atoms with Gasteiger partial charge in [0.05, 0.1) is 5.56 Å². The van der Waals surface area contributed by atoms with Gasteiger partial charge in [0.2, 0.25) is 0 Å². The van der Waals surface area contributed by atoms with Crippen molar-refractivity contribution in [1.82, 2.24) is 0 Å². The molecule has 0 saturated heterocycles. The van der Waals surface area contributed by atoms with Gasteiger partial charge in [-0.1, -0.05) is 19.8 Å². The zero-order chi connectivity index (χ0) is 12.9. The summed E-state index contributed by atoms with van der Waals surface area (Å²) in [5.74, 6) is 0. The lowest BCUT2D eigenvalue weighted by molar-refractivity contribution is -0.136. The highest BCUT2D eigenvalue weighted by atomic mass is 19.4. The number of nitrogens with two attached hydrogens (primary N) is 1. The third-order valence-corrected chi connectivity index (χ3v) is 2.47. The first-order valence-electron chi connectivity index (χ1n) is 5.65. The molecule has 0 fully saturated rings. The Hall–Kier alpha value is -1.39. The SMILES string of the molecule is CCCCCNc1ccc(N)c(C(F)(F)F)c1. The fraction of sp³-hybridized carbons (Fsp3) is 0.500. The number of rotatable bonds is 5. The zero-order valence-electron chi connectivity index (χ0n) is 9.77. The quantitative estimate of drug-likeness (QED) is 0.611. The molecule has 5 heteroatoms. The van der Waals surface area contributed by atoms with E-state index in [4.69, 9.17) is 5.73 Å². The molecular weight excluding hydrogens is 229 g/mol. The number of benzene rings is 1. The number of nitrogen functional groups attached to an aromatic ring is 1. The molecule has 0 radical (unpaired) electrons. The molecular formula is C12H17F3N2. The van der Waals surface area contributed by atoms with Crippen LogP contribution >= 0.6 is 0 Å². The van der Waals surface area contributed by atoms with Crippen molar-refractivity contribution in [1.29, 1.82) is 0 Å². The third kappa shape index (κ3) is 4.17. The number of hydrogen-bond acceptors (Lipinski definition) is 2. The Kier molecular flexibility index (Phi) is 4.66. The molecule has 0 amide bonds. The topological polar surface area (TPSA) is 38.0 Å². The maximum atomic E-state index is 12.6. The normalized spacial score (nSPS) is 11.5. The van der Waals surface area contributed by atoms with Crippen LogP contribution < -0.4 is 11.1 Å². The van der Waals surface area contributed by atoms with E-state index in [1.807, 2.05) is 0 Å². The Balaban J connectivity index is 2.69. The molecule has 0 aromatic heterocycles. The van der Waals surface area contributed by atoms with Gasteiger partial charge in [0.25, 0.3) is 0 Å². The predicted molar refractivity (Wildman–Crippen MR) is 63.9 cm³/mol. The smallest absolute Gasteiger partial charge is 0.398 e. The van der Waals surface area contributed by atoms with Gasteiger partial charge < -0.3 is 11.1 Å². The summed E-state index contributed by atoms with van der Waals surface area (Å²) in [6, 6.07) is 3.91. The van der Waals surface area contributed by atoms with Crippen molar-refractivity contribution in [3.05, 3.63) is 23.8 Å². The van der Waals surface area contributed by atoms with Crippen molar-refractivity contribution < 1.29 is 13.2 Å². The van der Waals surface area contributed by atoms with E-state index in [-0.39, 0.29) is 5.69 Å². The molecule has 0 saturated carbocycles. The Morgan fingerprint density at radius 2 is 1.94 bits per heavy atom. The molecule has 0 atom stereocenters. The van der Waals surface area contributed by atoms with Gasteiger partial charge in [-0.25, -0.2) is 0 Å². The highest BCUT2D eigenvalue weighted by Crippen LogP contribution is 2.35. The standard InChI is InChI=1S/C12H17F3N2/c1-2-3-4-7-17-9-5-6-11(16)10(8-9)12(13,14)15/h5-6,8,17H,2-4,7,16H2,1H3. The summed E-state index contributed by atoms with van der Waals surface area (Å²) in [5, 5.41) is 2.96. The predicted octanol–water partition coefficient (Wildman–Crippen LogP) is 3.89. The van der Waals surface area contributed by atoms with Gasteiger partial charge in [0.1, 0.15) is 0 Å². The molecule has 2 nitrogen and oxygen atoms in total. The number of nitrogens with one attached hydrogen (secondary N) is 1. The largest absolute Gasteiger partial charge is 0.418 e. The second-order valence-electron chi connectivity index (χ2n) is 3.93. The lowest BCUT2D eigenvalue weighted by Gasteiger charge is -2.12. The highest BCUT2D eigenvalue weighted by molar-refractivity contribution is 5.58. The van der Waals surface area contributed by atoms with Gasteiger partial charge in [-0.15, -0.1) is 0 Å². The second kappa shape index (κ2) is 5.80. The molecule has 96 valence electrons. The van der Waals surface area contributed by atoms with E-state index in [0.717, 1.165) is 25.3 Å². The first-order chi connectivity index (χ1) is 7.95. The fourth-order valence-corrected chi connectivity index (χ4v) is 1.52. The Bertz CT molecular complexity index is 361. The van der Waals surface area contributed by atoms with E-state index < -0.39 is 11.7 Å². The summed E-state index contributed by atoms with van der Waals surface area (Å²) in [7, 11) is 0. The summed E-state index contributed by atoms with van der Waals surface area (Å²) in [5.41, 5.74) is 4.75. The minimum Gasteiger partial charge on any atom is -0.398 e. The van der Waals surface area contributed by atoms with Gasteiger partial charge in [-0.3, -0.25) is 0 Å². The van der Waals surface area contributed by atoms with Gasteiger partial charge in [0.15, 0.2) is 0 Å². The van der Waals surface area contributed by atoms with E-state index in [0.29, 0.717) is 12.2 Å². The van der Waals surface area contributed by atoms with Gasteiger partial charge in [-0.2, -0.15) is 13.2 Å². The number of anilines is 2. The maximum Gasteiger partial charge on any atom is 0.418 e. The van der Waals surface area contributed by atoms with Crippen molar-refractivity contribution >= 4 is 11.4 Å². The van der Waals surface area contributed by atoms with Crippen molar-refractivity contribution in [3.63, 3.8) is 0 Å². The lowest BCUT2D eigenvalue weighted by Crippen LogP contribution is -2.10. The molecule has 1 rings (SSSR count). The molecule has 1 aromatic rings. The summed E-state index contributed by atoms with van der Waals surface area (Å²) in [6.45, 7) is 2.75. The van der Waals surface area contributed by atoms with Crippen molar-refractivity contribution in [2.45, 2.75) is 32.4 Å². The Labute approximate surface area is 99.0 Å². The van der Waals surface area contributed by atoms with E-state index in [1.165, 1.54) is 6.07 Å². The van der Waals surface area contributed by atoms with Crippen LogP contribution in [-0.4, -0.2) is 6.54 Å². The van der Waals surface area contributed by atoms with Crippen LogP contribution in [0.2, 0.25) is 0 Å². The Morgan fingerprint density at radius 3 is 2.53 bits per heavy atom. The van der Waals surface area contributed by atoms with Crippen LogP contribution in [-0.2, 0) is 6.18 Å². The zero-order valence-corrected chi connectivity index (χ0v) is 9.77. The number of hydrogen-bond donors (Lipinski definition) is 2. The molecule has 0 spiro atoms. The lowest BCUT2D eigenvalue weighted by atomic mass is 10.1. The van der Waals surface area contributed by atoms with Crippen LogP contribution in [0.5, 0.6) is 0 Å². The van der Waals surface area contributed by atoms with E-state index in [2.05, 4.69) is 12.2 Å². The molecule has 0 bridgehead atoms. The van der Waals surface area contributed by atoms with Crippen LogP contribution in [0.1, 0.15) is 31.7 Å². The first kappa shape index (κ1) is 13.7. The summed E-state index contributed by atoms with van der Waals surface area (Å²) in [6.07, 6.45) is -1.31. The molecule has 0 heterocycles. The second-order valence-corrected chi connectivity index (χ2v) is 3.93. The van der Waals surface area contributed by atoms with E-state index >= 15 is 0 Å². The van der Waals surface area contributed by atoms with Crippen molar-refractivity contribution in [3.8, 4) is 0 Å². The van der Waals surface area contributed by atoms with Crippen LogP contribution in [0.25, 0.3) is 0 Å². The van der Waals surface area contributed by atoms with E-state index in [9.17, 15) is 13.2 Å². The van der Waals surface area contributed by atoms with Crippen LogP contribution in [0.3, 0.4) is 0 Å². The van der Waals surface area contributed by atoms with E-state index in [1.54, 1.807) is 6.07 Å². The van der Waals surface area contributed by atoms with Crippen molar-refractivity contribution in [2.24, 2.45) is 0 Å². The average Bonchev–Trinajstić information content (AvgIpc) is 2.25. The number of alkyl halides is 3. The molecule has 3 N–H and O–H groups in total. The molecule has 0 aliphatic carbocycles. The average molecular weight is 246 g/mol. The maximum absolute atomic E-state index is 12.6. The minimum atomic E-state index is -4.40. The molecule has 1 aromatic carbocycles. The monoisotopic (exact) mass is 246 g/mol. The molecule has 0 aliphatic rings. The highest BCUT2D eigenvalue weighted by Gasteiger charge is 2.33. The Morgan fingerprint density at radius 1 is 1.24 bits per heavy atom. The van der Waals surface area contributed by atoms with Crippen LogP contribution in [0.15, 0.2) is 18.2 Å². The third-order valence-electron chi connectivity index (χ3n) is 2.47. The van der Waals surface area contributed by atoms with Crippen LogP contribution in [0, 0.1) is 0 Å². The van der Waals surface area contributed by atoms with Gasteiger partial charge in [-0.05, 0) is 24.6 Å². The van der Waals surface area contributed by atoms with Gasteiger partial charge >= 0.3 is 6.18 Å². The molecule has 0 unspecified atom stereocenters. The number of unbranched alkanes of at least 4 members (excludes halogenated alkanes) is 2.